The third-order valence-electron chi connectivity index (χ3n) is 6.15. The third kappa shape index (κ3) is 4.57. The second-order valence-corrected chi connectivity index (χ2v) is 8.18. The van der Waals surface area contributed by atoms with E-state index in [2.05, 4.69) is 9.80 Å². The van der Waals surface area contributed by atoms with E-state index in [1.54, 1.807) is 6.07 Å². The molecule has 0 amide bonds. The van der Waals surface area contributed by atoms with Crippen molar-refractivity contribution in [1.82, 2.24) is 9.80 Å². The van der Waals surface area contributed by atoms with Crippen LogP contribution in [0.15, 0.2) is 54.1 Å². The van der Waals surface area contributed by atoms with Gasteiger partial charge in [0.1, 0.15) is 24.5 Å². The molecular formula is C25H29FN2O2. The molecule has 0 radical (unpaired) electrons. The predicted octanol–water partition coefficient (Wildman–Crippen LogP) is 4.36. The summed E-state index contributed by atoms with van der Waals surface area (Å²) in [5.41, 5.74) is 3.93. The lowest BCUT2D eigenvalue weighted by molar-refractivity contribution is -0.110. The Kier molecular flexibility index (Phi) is 6.48. The van der Waals surface area contributed by atoms with E-state index in [4.69, 9.17) is 4.74 Å². The molecule has 0 aliphatic carbocycles. The van der Waals surface area contributed by atoms with Crippen molar-refractivity contribution in [2.45, 2.75) is 26.4 Å². The molecule has 2 aromatic carbocycles. The zero-order chi connectivity index (χ0) is 20.9. The minimum absolute atomic E-state index is 0.134. The van der Waals surface area contributed by atoms with Gasteiger partial charge < -0.3 is 19.3 Å². The number of benzene rings is 2. The fourth-order valence-electron chi connectivity index (χ4n) is 4.44. The van der Waals surface area contributed by atoms with Crippen molar-refractivity contribution in [3.63, 3.8) is 0 Å². The van der Waals surface area contributed by atoms with E-state index in [1.807, 2.05) is 37.3 Å². The Balaban J connectivity index is 1.59. The Hall–Kier alpha value is -2.66. The fourth-order valence-corrected chi connectivity index (χ4v) is 4.44. The minimum atomic E-state index is -0.325. The van der Waals surface area contributed by atoms with E-state index in [0.29, 0.717) is 18.9 Å². The number of carbonyl (C=O) groups excluding carboxylic acids is 1. The maximum Gasteiger partial charge on any atom is 0.132 e. The van der Waals surface area contributed by atoms with Crippen LogP contribution in [0.2, 0.25) is 0 Å². The summed E-state index contributed by atoms with van der Waals surface area (Å²) in [5.74, 6) is 0.0603. The van der Waals surface area contributed by atoms with Gasteiger partial charge in [0.05, 0.1) is 5.92 Å². The molecule has 4 nitrogen and oxygen atoms in total. The summed E-state index contributed by atoms with van der Waals surface area (Å²) in [6.07, 6.45) is 3.54. The normalized spacial score (nSPS) is 19.5. The van der Waals surface area contributed by atoms with Gasteiger partial charge in [-0.3, -0.25) is 0 Å². The van der Waals surface area contributed by atoms with Crippen LogP contribution in [0.5, 0.6) is 5.75 Å². The number of rotatable bonds is 8. The van der Waals surface area contributed by atoms with Crippen LogP contribution >= 0.6 is 0 Å². The third-order valence-corrected chi connectivity index (χ3v) is 6.15. The highest BCUT2D eigenvalue weighted by atomic mass is 19.1. The Morgan fingerprint density at radius 2 is 1.87 bits per heavy atom. The van der Waals surface area contributed by atoms with Gasteiger partial charge in [0.15, 0.2) is 0 Å². The molecule has 2 aromatic rings. The van der Waals surface area contributed by atoms with Crippen LogP contribution < -0.4 is 4.74 Å². The molecule has 2 heterocycles. The molecule has 0 aromatic heterocycles. The zero-order valence-corrected chi connectivity index (χ0v) is 17.5. The first kappa shape index (κ1) is 20.6. The van der Waals surface area contributed by atoms with Crippen LogP contribution in [-0.4, -0.2) is 48.8 Å². The molecule has 30 heavy (non-hydrogen) atoms. The summed E-state index contributed by atoms with van der Waals surface area (Å²) in [6, 6.07) is 14.6. The highest BCUT2D eigenvalue weighted by molar-refractivity contribution is 5.78. The highest BCUT2D eigenvalue weighted by Crippen LogP contribution is 2.38. The second kappa shape index (κ2) is 9.43. The molecule has 1 fully saturated rings. The van der Waals surface area contributed by atoms with Crippen LogP contribution in [0.1, 0.15) is 30.9 Å². The van der Waals surface area contributed by atoms with Crippen LogP contribution in [0.25, 0.3) is 5.70 Å². The van der Waals surface area contributed by atoms with E-state index in [-0.39, 0.29) is 11.7 Å². The Labute approximate surface area is 177 Å². The van der Waals surface area contributed by atoms with Crippen molar-refractivity contribution in [3.05, 3.63) is 71.0 Å². The van der Waals surface area contributed by atoms with Gasteiger partial charge in [0, 0.05) is 37.0 Å². The van der Waals surface area contributed by atoms with E-state index in [1.165, 1.54) is 25.0 Å². The number of likely N-dealkylation sites (tertiary alicyclic amines) is 1. The molecule has 1 saturated heterocycles. The summed E-state index contributed by atoms with van der Waals surface area (Å²) in [6.45, 7) is 7.17. The van der Waals surface area contributed by atoms with Crippen molar-refractivity contribution >= 4 is 12.0 Å². The first-order valence-electron chi connectivity index (χ1n) is 10.8. The Morgan fingerprint density at radius 1 is 1.10 bits per heavy atom. The van der Waals surface area contributed by atoms with Crippen LogP contribution in [0.4, 0.5) is 4.39 Å². The molecule has 2 aliphatic heterocycles. The largest absolute Gasteiger partial charge is 0.488 e. The van der Waals surface area contributed by atoms with Crippen molar-refractivity contribution < 1.29 is 13.9 Å². The smallest absolute Gasteiger partial charge is 0.132 e. The molecule has 0 spiro atoms. The molecule has 0 N–H and O–H groups in total. The first-order valence-corrected chi connectivity index (χ1v) is 10.8. The lowest BCUT2D eigenvalue weighted by Gasteiger charge is -2.27. The van der Waals surface area contributed by atoms with Crippen LogP contribution in [0, 0.1) is 11.7 Å². The highest BCUT2D eigenvalue weighted by Gasteiger charge is 2.31. The number of aldehydes is 1. The van der Waals surface area contributed by atoms with Gasteiger partial charge in [-0.25, -0.2) is 4.39 Å². The Bertz CT molecular complexity index is 907. The standard InChI is InChI=1S/C25H29FN2O2/c1-19-21(17-29)16-28(14-13-27-11-5-6-12-27)25(19)23-10-9-22(26)15-24(23)30-18-20-7-3-2-4-8-20/h2-4,7-10,15,17,21H,5-6,11-14,16,18H2,1H3. The van der Waals surface area contributed by atoms with Crippen LogP contribution in [-0.2, 0) is 11.4 Å². The van der Waals surface area contributed by atoms with E-state index >= 15 is 0 Å². The molecule has 1 atom stereocenters. The summed E-state index contributed by atoms with van der Waals surface area (Å²) in [4.78, 5) is 16.4. The van der Waals surface area contributed by atoms with Crippen LogP contribution in [0.3, 0.4) is 0 Å². The number of nitrogens with zero attached hydrogens (tertiary/aromatic N) is 2. The van der Waals surface area contributed by atoms with E-state index in [0.717, 1.165) is 54.9 Å². The lowest BCUT2D eigenvalue weighted by Crippen LogP contribution is -2.32. The molecule has 0 saturated carbocycles. The SMILES string of the molecule is CC1=C(c2ccc(F)cc2OCc2ccccc2)N(CCN2CCCC2)CC1C=O. The van der Waals surface area contributed by atoms with Gasteiger partial charge in [0.25, 0.3) is 0 Å². The average molecular weight is 409 g/mol. The maximum absolute atomic E-state index is 14.1. The molecule has 0 bridgehead atoms. The van der Waals surface area contributed by atoms with Gasteiger partial charge >= 0.3 is 0 Å². The summed E-state index contributed by atoms with van der Waals surface area (Å²) in [7, 11) is 0. The summed E-state index contributed by atoms with van der Waals surface area (Å²) in [5, 5.41) is 0. The van der Waals surface area contributed by atoms with Gasteiger partial charge in [-0.1, -0.05) is 30.3 Å². The van der Waals surface area contributed by atoms with E-state index in [9.17, 15) is 9.18 Å². The number of hydrogen-bond acceptors (Lipinski definition) is 4. The van der Waals surface area contributed by atoms with Crippen molar-refractivity contribution in [2.24, 2.45) is 5.92 Å². The molecule has 1 unspecified atom stereocenters. The van der Waals surface area contributed by atoms with Gasteiger partial charge in [-0.05, 0) is 56.1 Å². The monoisotopic (exact) mass is 408 g/mol. The van der Waals surface area contributed by atoms with Crippen molar-refractivity contribution in [3.8, 4) is 5.75 Å². The van der Waals surface area contributed by atoms with Crippen molar-refractivity contribution in [1.29, 1.82) is 0 Å². The van der Waals surface area contributed by atoms with Gasteiger partial charge in [-0.15, -0.1) is 0 Å². The molecule has 5 heteroatoms. The maximum atomic E-state index is 14.1. The molecular weight excluding hydrogens is 379 g/mol. The topological polar surface area (TPSA) is 32.8 Å². The quantitative estimate of drug-likeness (QED) is 0.608. The number of hydrogen-bond donors (Lipinski definition) is 0. The lowest BCUT2D eigenvalue weighted by atomic mass is 10.0. The van der Waals surface area contributed by atoms with Gasteiger partial charge in [-0.2, -0.15) is 0 Å². The summed E-state index contributed by atoms with van der Waals surface area (Å²) < 4.78 is 20.1. The average Bonchev–Trinajstić information content (AvgIpc) is 3.39. The predicted molar refractivity (Wildman–Crippen MR) is 117 cm³/mol. The second-order valence-electron chi connectivity index (χ2n) is 8.18. The first-order chi connectivity index (χ1) is 14.7. The molecule has 2 aliphatic rings. The van der Waals surface area contributed by atoms with E-state index < -0.39 is 0 Å². The fraction of sp³-hybridized carbons (Fsp3) is 0.400. The molecule has 4 rings (SSSR count). The minimum Gasteiger partial charge on any atom is -0.488 e. The molecule has 158 valence electrons. The summed E-state index contributed by atoms with van der Waals surface area (Å²) >= 11 is 0. The zero-order valence-electron chi connectivity index (χ0n) is 17.5. The van der Waals surface area contributed by atoms with Gasteiger partial charge in [0.2, 0.25) is 0 Å². The Morgan fingerprint density at radius 3 is 2.60 bits per heavy atom. The number of ether oxygens (including phenoxy) is 1. The van der Waals surface area contributed by atoms with Crippen molar-refractivity contribution in [2.75, 3.05) is 32.7 Å². The number of carbonyl (C=O) groups is 1. The number of halogens is 1.